The zero-order valence-electron chi connectivity index (χ0n) is 11.0. The van der Waals surface area contributed by atoms with E-state index in [0.717, 1.165) is 24.8 Å². The van der Waals surface area contributed by atoms with Crippen LogP contribution in [0.1, 0.15) is 45.6 Å². The second kappa shape index (κ2) is 6.47. The summed E-state index contributed by atoms with van der Waals surface area (Å²) >= 11 is 0. The summed E-state index contributed by atoms with van der Waals surface area (Å²) in [5.74, 6) is 6.58. The van der Waals surface area contributed by atoms with Gasteiger partial charge in [0.2, 0.25) is 0 Å². The molecule has 0 fully saturated rings. The van der Waals surface area contributed by atoms with E-state index < -0.39 is 5.60 Å². The molecule has 17 heavy (non-hydrogen) atoms. The van der Waals surface area contributed by atoms with Gasteiger partial charge in [-0.2, -0.15) is 0 Å². The Morgan fingerprint density at radius 3 is 2.41 bits per heavy atom. The monoisotopic (exact) mass is 230 g/mol. The average molecular weight is 230 g/mol. The molecule has 1 heteroatoms. The quantitative estimate of drug-likeness (QED) is 0.783. The van der Waals surface area contributed by atoms with Crippen molar-refractivity contribution in [1.82, 2.24) is 0 Å². The summed E-state index contributed by atoms with van der Waals surface area (Å²) in [6.45, 7) is 6.31. The predicted molar refractivity (Wildman–Crippen MR) is 72.6 cm³/mol. The van der Waals surface area contributed by atoms with Gasteiger partial charge in [-0.3, -0.25) is 0 Å². The molecule has 1 rings (SSSR count). The maximum Gasteiger partial charge on any atom is 0.126 e. The fourth-order valence-electron chi connectivity index (χ4n) is 2.01. The molecule has 0 saturated carbocycles. The summed E-state index contributed by atoms with van der Waals surface area (Å²) in [5, 5.41) is 10.5. The van der Waals surface area contributed by atoms with Gasteiger partial charge in [-0.05, 0) is 30.9 Å². The molecule has 1 N–H and O–H groups in total. The molecule has 1 nitrogen and oxygen atoms in total. The van der Waals surface area contributed by atoms with E-state index in [0.29, 0.717) is 5.92 Å². The van der Waals surface area contributed by atoms with Crippen LogP contribution in [0.25, 0.3) is 0 Å². The third-order valence-corrected chi connectivity index (χ3v) is 2.62. The van der Waals surface area contributed by atoms with Gasteiger partial charge < -0.3 is 5.11 Å². The Morgan fingerprint density at radius 1 is 1.24 bits per heavy atom. The van der Waals surface area contributed by atoms with Crippen LogP contribution in [0, 0.1) is 17.8 Å². The lowest BCUT2D eigenvalue weighted by atomic mass is 9.88. The van der Waals surface area contributed by atoms with Crippen molar-refractivity contribution in [3.8, 4) is 11.8 Å². The first-order chi connectivity index (χ1) is 8.06. The van der Waals surface area contributed by atoms with Crippen LogP contribution in [0.2, 0.25) is 0 Å². The lowest BCUT2D eigenvalue weighted by molar-refractivity contribution is 0.0684. The van der Waals surface area contributed by atoms with Gasteiger partial charge in [0, 0.05) is 5.56 Å². The summed E-state index contributed by atoms with van der Waals surface area (Å²) in [6, 6.07) is 9.83. The van der Waals surface area contributed by atoms with Crippen LogP contribution < -0.4 is 0 Å². The van der Waals surface area contributed by atoms with Crippen LogP contribution in [0.3, 0.4) is 0 Å². The van der Waals surface area contributed by atoms with Crippen molar-refractivity contribution in [3.05, 3.63) is 35.9 Å². The highest BCUT2D eigenvalue weighted by molar-refractivity contribution is 5.35. The van der Waals surface area contributed by atoms with Crippen LogP contribution in [0.4, 0.5) is 0 Å². The van der Waals surface area contributed by atoms with E-state index in [1.807, 2.05) is 30.3 Å². The van der Waals surface area contributed by atoms with Gasteiger partial charge in [0.05, 0.1) is 0 Å². The molecule has 0 heterocycles. The lowest BCUT2D eigenvalue weighted by Crippen LogP contribution is -2.28. The minimum absolute atomic E-state index is 0.455. The minimum Gasteiger partial charge on any atom is -0.378 e. The highest BCUT2D eigenvalue weighted by Gasteiger charge is 2.24. The Balaban J connectivity index is 2.83. The normalized spacial score (nSPS) is 13.9. The van der Waals surface area contributed by atoms with Gasteiger partial charge in [-0.15, -0.1) is 0 Å². The standard InChI is InChI=1S/C16H22O/c1-4-11-16(17,13-14(2)3)12-10-15-8-6-5-7-9-15/h5-9,14,17H,4,11,13H2,1-3H3. The molecule has 0 aliphatic carbocycles. The first-order valence-electron chi connectivity index (χ1n) is 6.36. The summed E-state index contributed by atoms with van der Waals surface area (Å²) in [5.41, 5.74) is 0.129. The Bertz CT molecular complexity index is 383. The zero-order chi connectivity index (χ0) is 12.7. The van der Waals surface area contributed by atoms with Gasteiger partial charge in [-0.25, -0.2) is 0 Å². The Kier molecular flexibility index (Phi) is 5.25. The van der Waals surface area contributed by atoms with Crippen LogP contribution in [0.5, 0.6) is 0 Å². The average Bonchev–Trinajstić information content (AvgIpc) is 2.27. The fourth-order valence-corrected chi connectivity index (χ4v) is 2.01. The largest absolute Gasteiger partial charge is 0.378 e. The van der Waals surface area contributed by atoms with E-state index >= 15 is 0 Å². The lowest BCUT2D eigenvalue weighted by Gasteiger charge is -2.23. The van der Waals surface area contributed by atoms with E-state index in [9.17, 15) is 5.11 Å². The number of aliphatic hydroxyl groups is 1. The molecule has 1 aromatic carbocycles. The number of hydrogen-bond acceptors (Lipinski definition) is 1. The van der Waals surface area contributed by atoms with E-state index in [4.69, 9.17) is 0 Å². The second-order valence-corrected chi connectivity index (χ2v) is 5.00. The van der Waals surface area contributed by atoms with Gasteiger partial charge in [0.15, 0.2) is 0 Å². The van der Waals surface area contributed by atoms with Crippen molar-refractivity contribution < 1.29 is 5.11 Å². The molecule has 0 bridgehead atoms. The first kappa shape index (κ1) is 13.8. The molecular formula is C16H22O. The molecule has 1 atom stereocenters. The zero-order valence-corrected chi connectivity index (χ0v) is 11.0. The van der Waals surface area contributed by atoms with Gasteiger partial charge in [0.1, 0.15) is 5.60 Å². The summed E-state index contributed by atoms with van der Waals surface area (Å²) in [6.07, 6.45) is 2.43. The molecule has 1 unspecified atom stereocenters. The van der Waals surface area contributed by atoms with E-state index in [-0.39, 0.29) is 0 Å². The maximum atomic E-state index is 10.5. The van der Waals surface area contributed by atoms with Crippen molar-refractivity contribution >= 4 is 0 Å². The molecule has 0 aromatic heterocycles. The highest BCUT2D eigenvalue weighted by Crippen LogP contribution is 2.21. The summed E-state index contributed by atoms with van der Waals surface area (Å²) in [7, 11) is 0. The first-order valence-corrected chi connectivity index (χ1v) is 6.36. The maximum absolute atomic E-state index is 10.5. The smallest absolute Gasteiger partial charge is 0.126 e. The topological polar surface area (TPSA) is 20.2 Å². The third-order valence-electron chi connectivity index (χ3n) is 2.62. The number of rotatable bonds is 4. The van der Waals surface area contributed by atoms with Crippen molar-refractivity contribution in [2.24, 2.45) is 5.92 Å². The molecule has 0 saturated heterocycles. The molecule has 1 aromatic rings. The van der Waals surface area contributed by atoms with Gasteiger partial charge in [-0.1, -0.05) is 57.2 Å². The molecule has 0 aliphatic rings. The second-order valence-electron chi connectivity index (χ2n) is 5.00. The van der Waals surface area contributed by atoms with Crippen LogP contribution >= 0.6 is 0 Å². The van der Waals surface area contributed by atoms with Gasteiger partial charge in [0.25, 0.3) is 0 Å². The van der Waals surface area contributed by atoms with Crippen molar-refractivity contribution in [2.45, 2.75) is 45.6 Å². The SMILES string of the molecule is CCCC(O)(C#Cc1ccccc1)CC(C)C. The van der Waals surface area contributed by atoms with Crippen molar-refractivity contribution in [2.75, 3.05) is 0 Å². The Hall–Kier alpha value is -1.26. The summed E-state index contributed by atoms with van der Waals surface area (Å²) in [4.78, 5) is 0. The molecular weight excluding hydrogens is 208 g/mol. The molecule has 0 spiro atoms. The molecule has 0 aliphatic heterocycles. The number of benzene rings is 1. The van der Waals surface area contributed by atoms with Gasteiger partial charge >= 0.3 is 0 Å². The Labute approximate surface area is 105 Å². The van der Waals surface area contributed by atoms with E-state index in [2.05, 4.69) is 32.6 Å². The van der Waals surface area contributed by atoms with E-state index in [1.54, 1.807) is 0 Å². The number of hydrogen-bond donors (Lipinski definition) is 1. The highest BCUT2D eigenvalue weighted by atomic mass is 16.3. The van der Waals surface area contributed by atoms with Crippen LogP contribution in [-0.4, -0.2) is 10.7 Å². The fraction of sp³-hybridized carbons (Fsp3) is 0.500. The van der Waals surface area contributed by atoms with Crippen molar-refractivity contribution in [1.29, 1.82) is 0 Å². The predicted octanol–water partition coefficient (Wildman–Crippen LogP) is 3.62. The van der Waals surface area contributed by atoms with Crippen LogP contribution in [0.15, 0.2) is 30.3 Å². The van der Waals surface area contributed by atoms with Crippen LogP contribution in [-0.2, 0) is 0 Å². The van der Waals surface area contributed by atoms with E-state index in [1.165, 1.54) is 0 Å². The Morgan fingerprint density at radius 2 is 1.88 bits per heavy atom. The summed E-state index contributed by atoms with van der Waals surface area (Å²) < 4.78 is 0. The molecule has 92 valence electrons. The molecule has 0 amide bonds. The minimum atomic E-state index is -0.835. The molecule has 0 radical (unpaired) electrons. The van der Waals surface area contributed by atoms with Crippen molar-refractivity contribution in [3.63, 3.8) is 0 Å². The third kappa shape index (κ3) is 5.06.